The van der Waals surface area contributed by atoms with Crippen molar-refractivity contribution in [2.75, 3.05) is 6.54 Å². The van der Waals surface area contributed by atoms with Crippen molar-refractivity contribution >= 4 is 5.91 Å². The Bertz CT molecular complexity index is 667. The molecule has 0 radical (unpaired) electrons. The van der Waals surface area contributed by atoms with Gasteiger partial charge in [0.15, 0.2) is 5.82 Å². The van der Waals surface area contributed by atoms with Crippen LogP contribution < -0.4 is 4.74 Å². The molecule has 1 fully saturated rings. The van der Waals surface area contributed by atoms with Gasteiger partial charge in [-0.05, 0) is 60.9 Å². The Morgan fingerprint density at radius 1 is 1.30 bits per heavy atom. The number of likely N-dealkylation sites (tertiary alicyclic amines) is 1. The van der Waals surface area contributed by atoms with Crippen molar-refractivity contribution in [1.82, 2.24) is 25.1 Å². The van der Waals surface area contributed by atoms with Crippen LogP contribution in [0.25, 0.3) is 0 Å². The monoisotopic (exact) mass is 315 g/mol. The molecule has 1 aromatic heterocycles. The number of ether oxygens (including phenoxy) is 1. The molecule has 0 spiro atoms. The SMILES string of the molecule is C[C@H]1CCCCN1C(=O)c1ccc(OCc2nnnn2C)cc1. The first kappa shape index (κ1) is 15.5. The summed E-state index contributed by atoms with van der Waals surface area (Å²) in [6.45, 7) is 3.25. The van der Waals surface area contributed by atoms with Crippen LogP contribution in [-0.2, 0) is 13.7 Å². The van der Waals surface area contributed by atoms with E-state index in [9.17, 15) is 4.79 Å². The van der Waals surface area contributed by atoms with E-state index >= 15 is 0 Å². The molecule has 122 valence electrons. The molecule has 7 nitrogen and oxygen atoms in total. The summed E-state index contributed by atoms with van der Waals surface area (Å²) in [5.74, 6) is 1.43. The van der Waals surface area contributed by atoms with E-state index in [1.165, 1.54) is 6.42 Å². The van der Waals surface area contributed by atoms with Crippen molar-refractivity contribution in [2.45, 2.75) is 38.8 Å². The minimum atomic E-state index is 0.0984. The third-order valence-electron chi connectivity index (χ3n) is 4.24. The lowest BCUT2D eigenvalue weighted by atomic mass is 10.0. The molecule has 3 rings (SSSR count). The number of aryl methyl sites for hydroxylation is 1. The van der Waals surface area contributed by atoms with Crippen LogP contribution in [0.2, 0.25) is 0 Å². The highest BCUT2D eigenvalue weighted by molar-refractivity contribution is 5.94. The molecule has 1 amide bonds. The fraction of sp³-hybridized carbons (Fsp3) is 0.500. The maximum Gasteiger partial charge on any atom is 0.254 e. The predicted molar refractivity (Wildman–Crippen MR) is 83.9 cm³/mol. The number of carbonyl (C=O) groups is 1. The first-order chi connectivity index (χ1) is 11.1. The number of carbonyl (C=O) groups excluding carboxylic acids is 1. The molecule has 1 aliphatic heterocycles. The minimum Gasteiger partial charge on any atom is -0.486 e. The van der Waals surface area contributed by atoms with E-state index in [4.69, 9.17) is 4.74 Å². The van der Waals surface area contributed by atoms with Crippen molar-refractivity contribution in [3.8, 4) is 5.75 Å². The van der Waals surface area contributed by atoms with Crippen LogP contribution in [0, 0.1) is 0 Å². The summed E-state index contributed by atoms with van der Waals surface area (Å²) in [6, 6.07) is 7.56. The summed E-state index contributed by atoms with van der Waals surface area (Å²) in [6.07, 6.45) is 3.37. The van der Waals surface area contributed by atoms with E-state index < -0.39 is 0 Å². The molecule has 0 saturated carbocycles. The standard InChI is InChI=1S/C16H21N5O2/c1-12-5-3-4-10-21(12)16(22)13-6-8-14(9-7-13)23-11-15-17-18-19-20(15)2/h6-9,12H,3-5,10-11H2,1-2H3/t12-/m0/s1. The lowest BCUT2D eigenvalue weighted by Gasteiger charge is -2.33. The van der Waals surface area contributed by atoms with Gasteiger partial charge in [-0.3, -0.25) is 4.79 Å². The number of hydrogen-bond donors (Lipinski definition) is 0. The van der Waals surface area contributed by atoms with Gasteiger partial charge in [0.25, 0.3) is 5.91 Å². The highest BCUT2D eigenvalue weighted by Gasteiger charge is 2.24. The summed E-state index contributed by atoms with van der Waals surface area (Å²) >= 11 is 0. The summed E-state index contributed by atoms with van der Waals surface area (Å²) < 4.78 is 7.21. The number of amides is 1. The Kier molecular flexibility index (Phi) is 4.55. The van der Waals surface area contributed by atoms with Gasteiger partial charge in [0.2, 0.25) is 0 Å². The Morgan fingerprint density at radius 2 is 2.09 bits per heavy atom. The lowest BCUT2D eigenvalue weighted by molar-refractivity contribution is 0.0635. The van der Waals surface area contributed by atoms with Crippen LogP contribution in [0.1, 0.15) is 42.4 Å². The Hall–Kier alpha value is -2.44. The second-order valence-corrected chi connectivity index (χ2v) is 5.88. The quantitative estimate of drug-likeness (QED) is 0.860. The van der Waals surface area contributed by atoms with Crippen molar-refractivity contribution < 1.29 is 9.53 Å². The van der Waals surface area contributed by atoms with Crippen LogP contribution in [-0.4, -0.2) is 43.6 Å². The Morgan fingerprint density at radius 3 is 2.74 bits per heavy atom. The number of piperidine rings is 1. The van der Waals surface area contributed by atoms with E-state index in [1.807, 2.05) is 29.2 Å². The molecule has 0 unspecified atom stereocenters. The first-order valence-electron chi connectivity index (χ1n) is 7.90. The molecule has 1 aliphatic rings. The Balaban J connectivity index is 1.62. The summed E-state index contributed by atoms with van der Waals surface area (Å²) in [5.41, 5.74) is 0.700. The van der Waals surface area contributed by atoms with Crippen molar-refractivity contribution in [2.24, 2.45) is 7.05 Å². The fourth-order valence-corrected chi connectivity index (χ4v) is 2.78. The van der Waals surface area contributed by atoms with E-state index in [0.717, 1.165) is 19.4 Å². The van der Waals surface area contributed by atoms with Crippen molar-refractivity contribution in [3.05, 3.63) is 35.7 Å². The molecule has 0 bridgehead atoms. The van der Waals surface area contributed by atoms with Gasteiger partial charge in [0.05, 0.1) is 0 Å². The highest BCUT2D eigenvalue weighted by Crippen LogP contribution is 2.20. The van der Waals surface area contributed by atoms with Crippen molar-refractivity contribution in [1.29, 1.82) is 0 Å². The van der Waals surface area contributed by atoms with Crippen LogP contribution >= 0.6 is 0 Å². The average Bonchev–Trinajstić information content (AvgIpc) is 2.98. The minimum absolute atomic E-state index is 0.0984. The molecule has 1 atom stereocenters. The maximum atomic E-state index is 12.6. The third kappa shape index (κ3) is 3.49. The van der Waals surface area contributed by atoms with Crippen LogP contribution in [0.5, 0.6) is 5.75 Å². The zero-order valence-electron chi connectivity index (χ0n) is 13.5. The zero-order valence-corrected chi connectivity index (χ0v) is 13.5. The first-order valence-corrected chi connectivity index (χ1v) is 7.90. The van der Waals surface area contributed by atoms with Gasteiger partial charge >= 0.3 is 0 Å². The molecule has 23 heavy (non-hydrogen) atoms. The third-order valence-corrected chi connectivity index (χ3v) is 4.24. The van der Waals surface area contributed by atoms with Crippen LogP contribution in [0.3, 0.4) is 0 Å². The molecular weight excluding hydrogens is 294 g/mol. The largest absolute Gasteiger partial charge is 0.486 e. The number of hydrogen-bond acceptors (Lipinski definition) is 5. The maximum absolute atomic E-state index is 12.6. The number of tetrazole rings is 1. The predicted octanol–water partition coefficient (Wildman–Crippen LogP) is 1.80. The smallest absolute Gasteiger partial charge is 0.254 e. The van der Waals surface area contributed by atoms with Crippen LogP contribution in [0.15, 0.2) is 24.3 Å². The Labute approximate surface area is 135 Å². The topological polar surface area (TPSA) is 73.1 Å². The number of rotatable bonds is 4. The lowest BCUT2D eigenvalue weighted by Crippen LogP contribution is -2.41. The van der Waals surface area contributed by atoms with E-state index in [-0.39, 0.29) is 5.91 Å². The van der Waals surface area contributed by atoms with E-state index in [0.29, 0.717) is 29.8 Å². The van der Waals surface area contributed by atoms with Gasteiger partial charge in [-0.2, -0.15) is 0 Å². The summed E-state index contributed by atoms with van der Waals surface area (Å²) in [7, 11) is 1.76. The number of aromatic nitrogens is 4. The van der Waals surface area contributed by atoms with E-state index in [1.54, 1.807) is 11.7 Å². The van der Waals surface area contributed by atoms with Gasteiger partial charge in [0.1, 0.15) is 12.4 Å². The molecule has 1 saturated heterocycles. The second kappa shape index (κ2) is 6.76. The van der Waals surface area contributed by atoms with Gasteiger partial charge in [-0.15, -0.1) is 5.10 Å². The molecular formula is C16H21N5O2. The van der Waals surface area contributed by atoms with E-state index in [2.05, 4.69) is 22.4 Å². The van der Waals surface area contributed by atoms with Gasteiger partial charge < -0.3 is 9.64 Å². The normalized spacial score (nSPS) is 18.0. The number of benzene rings is 1. The highest BCUT2D eigenvalue weighted by atomic mass is 16.5. The average molecular weight is 315 g/mol. The fourth-order valence-electron chi connectivity index (χ4n) is 2.78. The molecule has 0 aliphatic carbocycles. The van der Waals surface area contributed by atoms with Gasteiger partial charge in [-0.25, -0.2) is 4.68 Å². The molecule has 1 aromatic carbocycles. The van der Waals surface area contributed by atoms with Crippen molar-refractivity contribution in [3.63, 3.8) is 0 Å². The second-order valence-electron chi connectivity index (χ2n) is 5.88. The molecule has 2 aromatic rings. The molecule has 2 heterocycles. The summed E-state index contributed by atoms with van der Waals surface area (Å²) in [4.78, 5) is 14.5. The van der Waals surface area contributed by atoms with Gasteiger partial charge in [-0.1, -0.05) is 0 Å². The number of nitrogens with zero attached hydrogens (tertiary/aromatic N) is 5. The van der Waals surface area contributed by atoms with Crippen LogP contribution in [0.4, 0.5) is 0 Å². The summed E-state index contributed by atoms with van der Waals surface area (Å²) in [5, 5.41) is 11.2. The zero-order chi connectivity index (χ0) is 16.2. The van der Waals surface area contributed by atoms with Gasteiger partial charge in [0, 0.05) is 25.2 Å². The molecule has 0 N–H and O–H groups in total. The molecule has 7 heteroatoms.